The van der Waals surface area contributed by atoms with Gasteiger partial charge in [-0.1, -0.05) is 55.0 Å². The van der Waals surface area contributed by atoms with E-state index in [9.17, 15) is 4.79 Å². The number of aliphatic carboxylic acids is 1. The first kappa shape index (κ1) is 19.9. The van der Waals surface area contributed by atoms with Crippen molar-refractivity contribution >= 4 is 5.97 Å². The number of aryl methyl sites for hydroxylation is 3. The highest BCUT2D eigenvalue weighted by Gasteiger charge is 2.08. The summed E-state index contributed by atoms with van der Waals surface area (Å²) in [6.07, 6.45) is 10.1. The predicted octanol–water partition coefficient (Wildman–Crippen LogP) is 4.90. The Labute approximate surface area is 166 Å². The molecule has 3 rings (SSSR count). The van der Waals surface area contributed by atoms with Crippen molar-refractivity contribution in [3.05, 3.63) is 89.2 Å². The molecule has 0 saturated heterocycles. The second-order valence-corrected chi connectivity index (χ2v) is 7.25. The molecular formula is C24H28N2O2. The molecule has 1 aromatic heterocycles. The average Bonchev–Trinajstić information content (AvgIpc) is 3.21. The number of aromatic nitrogens is 2. The molecule has 0 aliphatic rings. The van der Waals surface area contributed by atoms with Crippen molar-refractivity contribution in [1.82, 2.24) is 9.78 Å². The Morgan fingerprint density at radius 3 is 2.43 bits per heavy atom. The van der Waals surface area contributed by atoms with Crippen LogP contribution in [0.5, 0.6) is 0 Å². The zero-order valence-electron chi connectivity index (χ0n) is 16.3. The molecule has 0 bridgehead atoms. The first-order valence-corrected chi connectivity index (χ1v) is 10.0. The zero-order valence-corrected chi connectivity index (χ0v) is 16.3. The number of rotatable bonds is 11. The van der Waals surface area contributed by atoms with E-state index in [4.69, 9.17) is 5.11 Å². The first-order chi connectivity index (χ1) is 13.7. The molecule has 0 unspecified atom stereocenters. The van der Waals surface area contributed by atoms with E-state index in [1.165, 1.54) is 29.5 Å². The summed E-state index contributed by atoms with van der Waals surface area (Å²) < 4.78 is 1.91. The van der Waals surface area contributed by atoms with E-state index in [0.29, 0.717) is 6.42 Å². The monoisotopic (exact) mass is 376 g/mol. The van der Waals surface area contributed by atoms with Gasteiger partial charge in [0.15, 0.2) is 0 Å². The van der Waals surface area contributed by atoms with Crippen LogP contribution in [0.4, 0.5) is 0 Å². The van der Waals surface area contributed by atoms with Gasteiger partial charge in [-0.2, -0.15) is 5.10 Å². The molecule has 4 heteroatoms. The van der Waals surface area contributed by atoms with Gasteiger partial charge in [0.2, 0.25) is 0 Å². The van der Waals surface area contributed by atoms with Crippen molar-refractivity contribution in [3.63, 3.8) is 0 Å². The van der Waals surface area contributed by atoms with Gasteiger partial charge in [0.1, 0.15) is 0 Å². The molecule has 4 nitrogen and oxygen atoms in total. The van der Waals surface area contributed by atoms with Gasteiger partial charge in [-0.15, -0.1) is 0 Å². The average molecular weight is 377 g/mol. The van der Waals surface area contributed by atoms with Crippen molar-refractivity contribution in [2.45, 2.75) is 51.5 Å². The van der Waals surface area contributed by atoms with Crippen molar-refractivity contribution < 1.29 is 9.90 Å². The number of unbranched alkanes of at least 4 members (excludes halogenated alkanes) is 2. The highest BCUT2D eigenvalue weighted by atomic mass is 16.4. The molecular weight excluding hydrogens is 348 g/mol. The van der Waals surface area contributed by atoms with Gasteiger partial charge in [-0.3, -0.25) is 9.48 Å². The van der Waals surface area contributed by atoms with Gasteiger partial charge < -0.3 is 5.11 Å². The van der Waals surface area contributed by atoms with Crippen LogP contribution in [0, 0.1) is 0 Å². The van der Waals surface area contributed by atoms with Crippen LogP contribution in [-0.2, 0) is 30.6 Å². The molecule has 0 saturated carbocycles. The van der Waals surface area contributed by atoms with E-state index in [1.54, 1.807) is 6.20 Å². The number of benzene rings is 2. The van der Waals surface area contributed by atoms with Gasteiger partial charge in [0.05, 0.1) is 6.54 Å². The molecule has 2 aromatic carbocycles. The predicted molar refractivity (Wildman–Crippen MR) is 111 cm³/mol. The van der Waals surface area contributed by atoms with Gasteiger partial charge >= 0.3 is 5.97 Å². The molecule has 0 aliphatic heterocycles. The van der Waals surface area contributed by atoms with Crippen LogP contribution in [0.1, 0.15) is 47.9 Å². The van der Waals surface area contributed by atoms with Crippen LogP contribution in [0.25, 0.3) is 0 Å². The maximum atomic E-state index is 11.0. The normalized spacial score (nSPS) is 10.9. The second kappa shape index (κ2) is 10.5. The van der Waals surface area contributed by atoms with E-state index in [2.05, 4.69) is 53.6 Å². The Morgan fingerprint density at radius 1 is 0.857 bits per heavy atom. The number of carboxylic acid groups (broad SMARTS) is 1. The van der Waals surface area contributed by atoms with Crippen molar-refractivity contribution in [2.75, 3.05) is 0 Å². The zero-order chi connectivity index (χ0) is 19.6. The highest BCUT2D eigenvalue weighted by Crippen LogP contribution is 2.19. The van der Waals surface area contributed by atoms with Crippen molar-refractivity contribution in [3.8, 4) is 0 Å². The molecule has 28 heavy (non-hydrogen) atoms. The second-order valence-electron chi connectivity index (χ2n) is 7.25. The fraction of sp³-hybridized carbons (Fsp3) is 0.333. The summed E-state index contributed by atoms with van der Waals surface area (Å²) in [6, 6.07) is 19.0. The van der Waals surface area contributed by atoms with Crippen LogP contribution in [0.3, 0.4) is 0 Å². The summed E-state index contributed by atoms with van der Waals surface area (Å²) in [6.45, 7) is 0.743. The Bertz CT molecular complexity index is 858. The van der Waals surface area contributed by atoms with Crippen molar-refractivity contribution in [2.24, 2.45) is 0 Å². The molecule has 0 atom stereocenters. The molecule has 0 fully saturated rings. The summed E-state index contributed by atoms with van der Waals surface area (Å²) in [5, 5.41) is 13.3. The van der Waals surface area contributed by atoms with Crippen LogP contribution >= 0.6 is 0 Å². The fourth-order valence-electron chi connectivity index (χ4n) is 3.54. The van der Waals surface area contributed by atoms with E-state index in [-0.39, 0.29) is 6.42 Å². The first-order valence-electron chi connectivity index (χ1n) is 10.0. The number of carboxylic acids is 1. The third-order valence-electron chi connectivity index (χ3n) is 5.04. The van der Waals surface area contributed by atoms with E-state index in [0.717, 1.165) is 31.4 Å². The summed E-state index contributed by atoms with van der Waals surface area (Å²) >= 11 is 0. The number of nitrogens with zero attached hydrogens (tertiary/aromatic N) is 2. The maximum Gasteiger partial charge on any atom is 0.303 e. The third kappa shape index (κ3) is 6.38. The quantitative estimate of drug-likeness (QED) is 0.484. The van der Waals surface area contributed by atoms with Crippen molar-refractivity contribution in [1.29, 1.82) is 0 Å². The van der Waals surface area contributed by atoms with Gasteiger partial charge in [-0.25, -0.2) is 0 Å². The van der Waals surface area contributed by atoms with Crippen LogP contribution < -0.4 is 0 Å². The number of hydrogen-bond donors (Lipinski definition) is 1. The lowest BCUT2D eigenvalue weighted by Crippen LogP contribution is -2.04. The van der Waals surface area contributed by atoms with Gasteiger partial charge in [-0.05, 0) is 60.4 Å². The van der Waals surface area contributed by atoms with E-state index in [1.807, 2.05) is 16.9 Å². The molecule has 0 aliphatic carbocycles. The lowest BCUT2D eigenvalue weighted by Gasteiger charge is -2.12. The largest absolute Gasteiger partial charge is 0.481 e. The molecule has 146 valence electrons. The summed E-state index contributed by atoms with van der Waals surface area (Å²) in [4.78, 5) is 11.0. The Balaban J connectivity index is 1.57. The van der Waals surface area contributed by atoms with E-state index >= 15 is 0 Å². The molecule has 1 N–H and O–H groups in total. The fourth-order valence-corrected chi connectivity index (χ4v) is 3.54. The van der Waals surface area contributed by atoms with Crippen LogP contribution in [0.2, 0.25) is 0 Å². The van der Waals surface area contributed by atoms with Crippen LogP contribution in [0.15, 0.2) is 67.0 Å². The highest BCUT2D eigenvalue weighted by molar-refractivity contribution is 5.67. The Kier molecular flexibility index (Phi) is 7.42. The molecule has 0 radical (unpaired) electrons. The lowest BCUT2D eigenvalue weighted by atomic mass is 9.95. The maximum absolute atomic E-state index is 11.0. The summed E-state index contributed by atoms with van der Waals surface area (Å²) in [7, 11) is 0. The van der Waals surface area contributed by atoms with Crippen LogP contribution in [-0.4, -0.2) is 20.9 Å². The van der Waals surface area contributed by atoms with Gasteiger partial charge in [0.25, 0.3) is 0 Å². The Morgan fingerprint density at radius 2 is 1.68 bits per heavy atom. The third-order valence-corrected chi connectivity index (χ3v) is 5.04. The van der Waals surface area contributed by atoms with Gasteiger partial charge in [0, 0.05) is 18.8 Å². The van der Waals surface area contributed by atoms with E-state index < -0.39 is 5.97 Å². The summed E-state index contributed by atoms with van der Waals surface area (Å²) in [5.41, 5.74) is 5.05. The molecule has 3 aromatic rings. The number of hydrogen-bond acceptors (Lipinski definition) is 2. The number of carbonyl (C=O) groups is 1. The molecule has 0 spiro atoms. The lowest BCUT2D eigenvalue weighted by molar-refractivity contribution is -0.136. The molecule has 0 amide bonds. The summed E-state index contributed by atoms with van der Waals surface area (Å²) in [5.74, 6) is -0.741. The standard InChI is InChI=1S/C24H28N2O2/c27-24(28)15-14-22-13-12-21(19-26-17-7-16-25-26)18-23(22)11-6-2-5-10-20-8-3-1-4-9-20/h1,3-4,7-9,12-13,16-18H,2,5-6,10-11,14-15,19H2,(H,27,28). The minimum atomic E-state index is -0.741. The minimum Gasteiger partial charge on any atom is -0.481 e. The minimum absolute atomic E-state index is 0.180. The topological polar surface area (TPSA) is 55.1 Å². The smallest absolute Gasteiger partial charge is 0.303 e. The Hall–Kier alpha value is -2.88. The molecule has 1 heterocycles. The SMILES string of the molecule is O=C(O)CCc1ccc(Cn2cccn2)cc1CCCCCc1ccccc1.